The van der Waals surface area contributed by atoms with Crippen LogP contribution < -0.4 is 0 Å². The third kappa shape index (κ3) is 18.9. The minimum atomic E-state index is -0.125. The Balaban J connectivity index is 0.000000872. The van der Waals surface area contributed by atoms with Crippen molar-refractivity contribution in [3.05, 3.63) is 154 Å². The number of aliphatic hydroxyl groups is 2. The van der Waals surface area contributed by atoms with Gasteiger partial charge in [-0.15, -0.1) is 69.8 Å². The summed E-state index contributed by atoms with van der Waals surface area (Å²) in [5, 5.41) is 19.2. The van der Waals surface area contributed by atoms with Crippen LogP contribution in [0.3, 0.4) is 0 Å². The van der Waals surface area contributed by atoms with Gasteiger partial charge in [0.2, 0.25) is 0 Å². The van der Waals surface area contributed by atoms with E-state index in [1.165, 1.54) is 72.9 Å². The second-order valence-corrected chi connectivity index (χ2v) is 16.4. The molecule has 0 fully saturated rings. The molecule has 0 aliphatic carbocycles. The molecule has 0 saturated carbocycles. The molecule has 0 unspecified atom stereocenters. The molecule has 2 aromatic heterocycles. The molecule has 0 spiro atoms. The van der Waals surface area contributed by atoms with Gasteiger partial charge < -0.3 is 10.2 Å². The van der Waals surface area contributed by atoms with Crippen molar-refractivity contribution in [2.75, 3.05) is 0 Å². The quantitative estimate of drug-likeness (QED) is 0.0979. The van der Waals surface area contributed by atoms with Gasteiger partial charge in [0.25, 0.3) is 0 Å². The molecule has 9 heteroatoms. The number of halogens is 1. The van der Waals surface area contributed by atoms with Crippen LogP contribution in [0, 0.1) is 45.7 Å². The van der Waals surface area contributed by atoms with Crippen molar-refractivity contribution in [3.8, 4) is 22.5 Å². The van der Waals surface area contributed by atoms with E-state index in [-0.39, 0.29) is 73.4 Å². The zero-order valence-corrected chi connectivity index (χ0v) is 42.5. The molecule has 0 amide bonds. The molecular formula is C52H61FIr2N2O4-2. The zero-order chi connectivity index (χ0) is 43.3. The zero-order valence-electron chi connectivity index (χ0n) is 37.7. The Morgan fingerprint density at radius 1 is 0.639 bits per heavy atom. The SMILES string of the molecule is CC(=O)C=C(C)O.CC(=O)C=C(C)O.Cc1[c-]c(-c2ccc3c(C(C)(C)C)cccc3n2)cc(C)c1.Cc1[c-]c(-c2ccc3c(CC(C)C)cccc3n2)cc(C)c1.F.[Ir].[Ir]. The second kappa shape index (κ2) is 26.0. The number of allylic oxidation sites excluding steroid dienone is 4. The number of nitrogens with zero attached hydrogens (tertiary/aromatic N) is 2. The maximum absolute atomic E-state index is 10.0. The van der Waals surface area contributed by atoms with Gasteiger partial charge in [-0.2, -0.15) is 0 Å². The maximum Gasteiger partial charge on any atom is 0.155 e. The van der Waals surface area contributed by atoms with Gasteiger partial charge in [0, 0.05) is 63.1 Å². The van der Waals surface area contributed by atoms with E-state index in [9.17, 15) is 9.59 Å². The number of aliphatic hydroxyl groups excluding tert-OH is 2. The summed E-state index contributed by atoms with van der Waals surface area (Å²) in [5.41, 5.74) is 13.9. The van der Waals surface area contributed by atoms with Crippen molar-refractivity contribution in [2.24, 2.45) is 5.92 Å². The van der Waals surface area contributed by atoms with E-state index < -0.39 is 0 Å². The molecule has 4 aromatic carbocycles. The molecule has 0 saturated heterocycles. The fraction of sp³-hybridized carbons (Fsp3) is 0.308. The molecule has 6 nitrogen and oxygen atoms in total. The van der Waals surface area contributed by atoms with Gasteiger partial charge >= 0.3 is 0 Å². The van der Waals surface area contributed by atoms with E-state index in [1.807, 2.05) is 0 Å². The summed E-state index contributed by atoms with van der Waals surface area (Å²) in [6.07, 6.45) is 3.42. The Morgan fingerprint density at radius 3 is 1.41 bits per heavy atom. The van der Waals surface area contributed by atoms with Crippen molar-refractivity contribution in [1.82, 2.24) is 9.97 Å². The number of fused-ring (bicyclic) bond motifs is 2. The van der Waals surface area contributed by atoms with E-state index in [2.05, 4.69) is 159 Å². The predicted molar refractivity (Wildman–Crippen MR) is 245 cm³/mol. The number of ketones is 2. The smallest absolute Gasteiger partial charge is 0.155 e. The number of carbonyl (C=O) groups excluding carboxylic acids is 2. The third-order valence-corrected chi connectivity index (χ3v) is 8.66. The molecule has 2 N–H and O–H groups in total. The average molecular weight is 1180 g/mol. The Morgan fingerprint density at radius 2 is 1.05 bits per heavy atom. The number of hydrogen-bond acceptors (Lipinski definition) is 6. The standard InChI is InChI=1S/2C21H22N.2C5H8O2.FH.2Ir/c1-14-11-15(2)13-16(12-14)19-10-9-17-18(21(3,4)5)7-6-8-20(17)22-19;1-14(2)10-17-6-5-7-21-19(17)8-9-20(22-21)18-12-15(3)11-16(4)13-18;2*1-4(6)3-5(2)7;;;/h6-12H,1-5H3;5-9,11-12,14H,10H2,1-4H3;2*3,6H,1-2H3;1H;;/q2*-1;;;;;. The van der Waals surface area contributed by atoms with Crippen LogP contribution in [0.2, 0.25) is 0 Å². The van der Waals surface area contributed by atoms with E-state index >= 15 is 0 Å². The summed E-state index contributed by atoms with van der Waals surface area (Å²) in [7, 11) is 0. The normalized spacial score (nSPS) is 11.0. The fourth-order valence-electron chi connectivity index (χ4n) is 6.60. The monoisotopic (exact) mass is 1180 g/mol. The van der Waals surface area contributed by atoms with Gasteiger partial charge in [-0.1, -0.05) is 111 Å². The molecular weight excluding hydrogens is 1120 g/mol. The Labute approximate surface area is 390 Å². The van der Waals surface area contributed by atoms with E-state index in [1.54, 1.807) is 0 Å². The first-order valence-electron chi connectivity index (χ1n) is 19.7. The molecule has 61 heavy (non-hydrogen) atoms. The van der Waals surface area contributed by atoms with Crippen molar-refractivity contribution in [2.45, 2.75) is 102 Å². The van der Waals surface area contributed by atoms with Crippen LogP contribution in [0.5, 0.6) is 0 Å². The number of aromatic nitrogens is 2. The van der Waals surface area contributed by atoms with E-state index in [4.69, 9.17) is 20.2 Å². The summed E-state index contributed by atoms with van der Waals surface area (Å²) in [4.78, 5) is 29.8. The number of carbonyl (C=O) groups is 2. The van der Waals surface area contributed by atoms with Crippen molar-refractivity contribution < 1.29 is 64.7 Å². The largest absolute Gasteiger partial charge is 0.512 e. The molecule has 0 bridgehead atoms. The summed E-state index contributed by atoms with van der Waals surface area (Å²) >= 11 is 0. The van der Waals surface area contributed by atoms with Crippen LogP contribution in [0.25, 0.3) is 44.3 Å². The summed E-state index contributed by atoms with van der Waals surface area (Å²) in [6.45, 7) is 25.3. The summed E-state index contributed by atoms with van der Waals surface area (Å²) < 4.78 is 0. The van der Waals surface area contributed by atoms with Crippen LogP contribution in [0.4, 0.5) is 4.70 Å². The Bertz CT molecular complexity index is 2370. The third-order valence-electron chi connectivity index (χ3n) is 8.66. The predicted octanol–water partition coefficient (Wildman–Crippen LogP) is 13.4. The van der Waals surface area contributed by atoms with E-state index in [0.29, 0.717) is 5.92 Å². The van der Waals surface area contributed by atoms with Gasteiger partial charge in [-0.25, -0.2) is 0 Å². The van der Waals surface area contributed by atoms with E-state index in [0.717, 1.165) is 51.1 Å². The Hall–Kier alpha value is -4.65. The minimum absolute atomic E-state index is 0. The average Bonchev–Trinajstić information content (AvgIpc) is 3.09. The van der Waals surface area contributed by atoms with Gasteiger partial charge in [-0.05, 0) is 80.1 Å². The molecule has 0 atom stereocenters. The molecule has 6 aromatic rings. The number of hydrogen-bond donors (Lipinski definition) is 2. The topological polar surface area (TPSA) is 100 Å². The van der Waals surface area contributed by atoms with Gasteiger partial charge in [-0.3, -0.25) is 24.3 Å². The number of aryl methyl sites for hydroxylation is 4. The van der Waals surface area contributed by atoms with Crippen LogP contribution in [-0.4, -0.2) is 31.7 Å². The van der Waals surface area contributed by atoms with Gasteiger partial charge in [0.15, 0.2) is 11.6 Å². The maximum atomic E-state index is 10.0. The van der Waals surface area contributed by atoms with Gasteiger partial charge in [0.05, 0.1) is 22.6 Å². The molecule has 0 aliphatic rings. The molecule has 2 radical (unpaired) electrons. The van der Waals surface area contributed by atoms with Crippen LogP contribution >= 0.6 is 0 Å². The first-order chi connectivity index (χ1) is 27.1. The van der Waals surface area contributed by atoms with Crippen molar-refractivity contribution in [3.63, 3.8) is 0 Å². The molecule has 2 heterocycles. The minimum Gasteiger partial charge on any atom is -0.512 e. The van der Waals surface area contributed by atoms with Gasteiger partial charge in [0.1, 0.15) is 0 Å². The number of rotatable bonds is 6. The Kier molecular flexibility index (Phi) is 24.0. The van der Waals surface area contributed by atoms with Crippen LogP contribution in [0.1, 0.15) is 95.7 Å². The number of benzene rings is 4. The molecule has 6 rings (SSSR count). The molecule has 330 valence electrons. The fourth-order valence-corrected chi connectivity index (χ4v) is 6.60. The summed E-state index contributed by atoms with van der Waals surface area (Å²) in [6, 6.07) is 36.9. The summed E-state index contributed by atoms with van der Waals surface area (Å²) in [5.74, 6) is 0.526. The van der Waals surface area contributed by atoms with Crippen molar-refractivity contribution in [1.29, 1.82) is 0 Å². The molecule has 0 aliphatic heterocycles. The first-order valence-corrected chi connectivity index (χ1v) is 19.7. The number of pyridine rings is 2. The first kappa shape index (κ1) is 56.3. The van der Waals surface area contributed by atoms with Crippen molar-refractivity contribution >= 4 is 33.4 Å². The van der Waals surface area contributed by atoms with Crippen LogP contribution in [-0.2, 0) is 61.6 Å². The van der Waals surface area contributed by atoms with Crippen LogP contribution in [0.15, 0.2) is 109 Å². The second-order valence-electron chi connectivity index (χ2n) is 16.4.